The van der Waals surface area contributed by atoms with Gasteiger partial charge in [-0.25, -0.2) is 4.98 Å². The molecule has 0 atom stereocenters. The molecule has 1 N–H and O–H groups in total. The molecule has 1 amide bonds. The third kappa shape index (κ3) is 3.79. The molecule has 3 aromatic rings. The van der Waals surface area contributed by atoms with Crippen LogP contribution in [-0.4, -0.2) is 17.4 Å². The lowest BCUT2D eigenvalue weighted by Crippen LogP contribution is -2.23. The molecule has 120 valence electrons. The van der Waals surface area contributed by atoms with Crippen molar-refractivity contribution in [1.29, 1.82) is 0 Å². The topological polar surface area (TPSA) is 42.0 Å². The Labute approximate surface area is 144 Å². The lowest BCUT2D eigenvalue weighted by molar-refractivity contribution is 0.0957. The van der Waals surface area contributed by atoms with Gasteiger partial charge in [-0.05, 0) is 43.5 Å². The molecule has 0 aliphatic rings. The van der Waals surface area contributed by atoms with Crippen LogP contribution < -0.4 is 5.32 Å². The molecule has 23 heavy (non-hydrogen) atoms. The van der Waals surface area contributed by atoms with Gasteiger partial charge in [0.2, 0.25) is 0 Å². The van der Waals surface area contributed by atoms with Crippen molar-refractivity contribution in [2.24, 2.45) is 0 Å². The Morgan fingerprint density at radius 3 is 2.83 bits per heavy atom. The highest BCUT2D eigenvalue weighted by Crippen LogP contribution is 2.23. The minimum atomic E-state index is 0.0436. The Morgan fingerprint density at radius 1 is 1.26 bits per heavy atom. The smallest absolute Gasteiger partial charge is 0.261 e. The maximum atomic E-state index is 12.2. The van der Waals surface area contributed by atoms with E-state index < -0.39 is 0 Å². The number of amides is 1. The van der Waals surface area contributed by atoms with Gasteiger partial charge in [-0.2, -0.15) is 0 Å². The van der Waals surface area contributed by atoms with E-state index in [1.807, 2.05) is 24.3 Å². The van der Waals surface area contributed by atoms with Crippen LogP contribution in [-0.2, 0) is 12.8 Å². The maximum Gasteiger partial charge on any atom is 0.261 e. The number of aromatic nitrogens is 1. The molecule has 2 heterocycles. The maximum absolute atomic E-state index is 12.2. The molecule has 3 nitrogen and oxygen atoms in total. The first-order chi connectivity index (χ1) is 11.2. The summed E-state index contributed by atoms with van der Waals surface area (Å²) in [5.41, 5.74) is 2.34. The highest BCUT2D eigenvalue weighted by molar-refractivity contribution is 7.18. The van der Waals surface area contributed by atoms with Crippen LogP contribution in [0.1, 0.15) is 38.5 Å². The Bertz CT molecular complexity index is 786. The van der Waals surface area contributed by atoms with Crippen molar-refractivity contribution >= 4 is 38.8 Å². The fourth-order valence-electron chi connectivity index (χ4n) is 2.54. The molecular weight excluding hydrogens is 324 g/mol. The number of thiophene rings is 1. The number of hydrogen-bond acceptors (Lipinski definition) is 4. The van der Waals surface area contributed by atoms with E-state index >= 15 is 0 Å². The third-order valence-corrected chi connectivity index (χ3v) is 6.00. The predicted octanol–water partition coefficient (Wildman–Crippen LogP) is 4.59. The van der Waals surface area contributed by atoms with Crippen LogP contribution in [0.3, 0.4) is 0 Å². The first-order valence-electron chi connectivity index (χ1n) is 7.89. The highest BCUT2D eigenvalue weighted by Gasteiger charge is 2.11. The summed E-state index contributed by atoms with van der Waals surface area (Å²) in [6, 6.07) is 10.2. The number of thiazole rings is 1. The molecule has 0 saturated carbocycles. The highest BCUT2D eigenvalue weighted by atomic mass is 32.1. The van der Waals surface area contributed by atoms with Crippen LogP contribution in [0.25, 0.3) is 10.2 Å². The standard InChI is InChI=1S/C18H20N2OS2/c1-3-13-11-16(22-12(13)2)18(21)19-10-6-9-17-20-14-7-4-5-8-15(14)23-17/h4-5,7-8,11H,3,6,9-10H2,1-2H3,(H,19,21). The van der Waals surface area contributed by atoms with Crippen LogP contribution in [0.4, 0.5) is 0 Å². The predicted molar refractivity (Wildman–Crippen MR) is 98.7 cm³/mol. The summed E-state index contributed by atoms with van der Waals surface area (Å²) >= 11 is 3.32. The van der Waals surface area contributed by atoms with E-state index in [9.17, 15) is 4.79 Å². The van der Waals surface area contributed by atoms with Gasteiger partial charge in [0, 0.05) is 17.8 Å². The summed E-state index contributed by atoms with van der Waals surface area (Å²) in [5.74, 6) is 0.0436. The van der Waals surface area contributed by atoms with Gasteiger partial charge in [0.05, 0.1) is 20.1 Å². The van der Waals surface area contributed by atoms with Crippen molar-refractivity contribution in [1.82, 2.24) is 10.3 Å². The van der Waals surface area contributed by atoms with Gasteiger partial charge >= 0.3 is 0 Å². The van der Waals surface area contributed by atoms with E-state index in [1.165, 1.54) is 15.1 Å². The van der Waals surface area contributed by atoms with E-state index in [0.29, 0.717) is 6.54 Å². The number of fused-ring (bicyclic) bond motifs is 1. The number of nitrogens with one attached hydrogen (secondary N) is 1. The number of carbonyl (C=O) groups is 1. The third-order valence-electron chi connectivity index (χ3n) is 3.82. The number of hydrogen-bond donors (Lipinski definition) is 1. The van der Waals surface area contributed by atoms with Crippen molar-refractivity contribution in [2.45, 2.75) is 33.1 Å². The number of nitrogens with zero attached hydrogens (tertiary/aromatic N) is 1. The van der Waals surface area contributed by atoms with Crippen LogP contribution in [0, 0.1) is 6.92 Å². The second-order valence-electron chi connectivity index (χ2n) is 5.48. The normalized spacial score (nSPS) is 11.0. The van der Waals surface area contributed by atoms with Crippen LogP contribution in [0.15, 0.2) is 30.3 Å². The molecule has 1 aromatic carbocycles. The Hall–Kier alpha value is -1.72. The second-order valence-corrected chi connectivity index (χ2v) is 7.85. The number of aryl methyl sites for hydroxylation is 3. The fourth-order valence-corrected chi connectivity index (χ4v) is 4.58. The zero-order valence-electron chi connectivity index (χ0n) is 13.4. The number of rotatable bonds is 6. The van der Waals surface area contributed by atoms with E-state index in [4.69, 9.17) is 0 Å². The van der Waals surface area contributed by atoms with Crippen molar-refractivity contribution < 1.29 is 4.79 Å². The van der Waals surface area contributed by atoms with Gasteiger partial charge in [-0.1, -0.05) is 19.1 Å². The van der Waals surface area contributed by atoms with Crippen molar-refractivity contribution in [3.8, 4) is 0 Å². The summed E-state index contributed by atoms with van der Waals surface area (Å²) in [6.45, 7) is 4.88. The molecule has 5 heteroatoms. The van der Waals surface area contributed by atoms with Gasteiger partial charge in [-0.15, -0.1) is 22.7 Å². The number of para-hydroxylation sites is 1. The lowest BCUT2D eigenvalue weighted by Gasteiger charge is -2.02. The zero-order chi connectivity index (χ0) is 16.2. The lowest BCUT2D eigenvalue weighted by atomic mass is 10.2. The minimum absolute atomic E-state index is 0.0436. The summed E-state index contributed by atoms with van der Waals surface area (Å²) in [7, 11) is 0. The molecular formula is C18H20N2OS2. The quantitative estimate of drug-likeness (QED) is 0.665. The average molecular weight is 345 g/mol. The first kappa shape index (κ1) is 16.1. The van der Waals surface area contributed by atoms with Crippen molar-refractivity contribution in [3.05, 3.63) is 50.7 Å². The van der Waals surface area contributed by atoms with Crippen molar-refractivity contribution in [2.75, 3.05) is 6.54 Å². The van der Waals surface area contributed by atoms with Gasteiger partial charge in [0.1, 0.15) is 0 Å². The van der Waals surface area contributed by atoms with E-state index in [-0.39, 0.29) is 5.91 Å². The van der Waals surface area contributed by atoms with Gasteiger partial charge in [-0.3, -0.25) is 4.79 Å². The molecule has 0 saturated heterocycles. The molecule has 3 rings (SSSR count). The van der Waals surface area contributed by atoms with E-state index in [1.54, 1.807) is 22.7 Å². The average Bonchev–Trinajstić information content (AvgIpc) is 3.14. The van der Waals surface area contributed by atoms with Crippen molar-refractivity contribution in [3.63, 3.8) is 0 Å². The van der Waals surface area contributed by atoms with Gasteiger partial charge in [0.25, 0.3) is 5.91 Å². The van der Waals surface area contributed by atoms with Gasteiger partial charge in [0.15, 0.2) is 0 Å². The Kier molecular flexibility index (Phi) is 5.08. The van der Waals surface area contributed by atoms with Crippen LogP contribution >= 0.6 is 22.7 Å². The molecule has 0 aliphatic carbocycles. The molecule has 0 bridgehead atoms. The number of carbonyl (C=O) groups excluding carboxylic acids is 1. The number of benzene rings is 1. The summed E-state index contributed by atoms with van der Waals surface area (Å²) in [4.78, 5) is 18.8. The van der Waals surface area contributed by atoms with E-state index in [2.05, 4.69) is 30.2 Å². The monoisotopic (exact) mass is 344 g/mol. The first-order valence-corrected chi connectivity index (χ1v) is 9.52. The molecule has 0 spiro atoms. The molecule has 0 radical (unpaired) electrons. The fraction of sp³-hybridized carbons (Fsp3) is 0.333. The summed E-state index contributed by atoms with van der Waals surface area (Å²) in [5, 5.41) is 4.16. The Morgan fingerprint density at radius 2 is 2.09 bits per heavy atom. The second kappa shape index (κ2) is 7.23. The molecule has 0 unspecified atom stereocenters. The molecule has 0 fully saturated rings. The SMILES string of the molecule is CCc1cc(C(=O)NCCCc2nc3ccccc3s2)sc1C. The largest absolute Gasteiger partial charge is 0.351 e. The minimum Gasteiger partial charge on any atom is -0.351 e. The Balaban J connectivity index is 1.50. The summed E-state index contributed by atoms with van der Waals surface area (Å²) in [6.07, 6.45) is 2.80. The van der Waals surface area contributed by atoms with E-state index in [0.717, 1.165) is 34.7 Å². The van der Waals surface area contributed by atoms with Gasteiger partial charge < -0.3 is 5.32 Å². The van der Waals surface area contributed by atoms with Crippen LogP contribution in [0.2, 0.25) is 0 Å². The molecule has 0 aliphatic heterocycles. The zero-order valence-corrected chi connectivity index (χ0v) is 15.0. The van der Waals surface area contributed by atoms with Crippen LogP contribution in [0.5, 0.6) is 0 Å². The summed E-state index contributed by atoms with van der Waals surface area (Å²) < 4.78 is 1.23. The molecule has 2 aromatic heterocycles.